The first kappa shape index (κ1) is 15.2. The summed E-state index contributed by atoms with van der Waals surface area (Å²) in [4.78, 5) is 24.5. The van der Waals surface area contributed by atoms with Crippen LogP contribution in [0.15, 0.2) is 10.9 Å². The highest BCUT2D eigenvalue weighted by Crippen LogP contribution is 2.34. The predicted molar refractivity (Wildman–Crippen MR) is 80.4 cm³/mol. The van der Waals surface area contributed by atoms with Crippen LogP contribution in [0.3, 0.4) is 0 Å². The van der Waals surface area contributed by atoms with Crippen molar-refractivity contribution in [2.75, 3.05) is 0 Å². The number of nitrogens with zero attached hydrogens (tertiary/aromatic N) is 1. The van der Waals surface area contributed by atoms with Crippen LogP contribution in [0.2, 0.25) is 15.1 Å². The van der Waals surface area contributed by atoms with E-state index in [2.05, 4.69) is 5.10 Å². The Kier molecular flexibility index (Phi) is 4.00. The lowest BCUT2D eigenvalue weighted by atomic mass is 10.0. The van der Waals surface area contributed by atoms with Gasteiger partial charge >= 0.3 is 0 Å². The van der Waals surface area contributed by atoms with Crippen molar-refractivity contribution in [3.05, 3.63) is 53.9 Å². The second kappa shape index (κ2) is 5.28. The van der Waals surface area contributed by atoms with Crippen molar-refractivity contribution in [1.82, 2.24) is 9.78 Å². The molecule has 0 unspecified atom stereocenters. The fourth-order valence-electron chi connectivity index (χ4n) is 1.98. The Morgan fingerprint density at radius 1 is 1.20 bits per heavy atom. The zero-order chi connectivity index (χ0) is 15.2. The number of H-pyrrole nitrogens is 1. The van der Waals surface area contributed by atoms with E-state index >= 15 is 0 Å². The van der Waals surface area contributed by atoms with E-state index < -0.39 is 11.3 Å². The molecule has 0 saturated carbocycles. The summed E-state index contributed by atoms with van der Waals surface area (Å²) >= 11 is 18.1. The molecular weight excluding hydrogens is 323 g/mol. The average molecular weight is 334 g/mol. The molecule has 2 rings (SSSR count). The number of rotatable bonds is 2. The van der Waals surface area contributed by atoms with E-state index in [0.717, 1.165) is 0 Å². The highest BCUT2D eigenvalue weighted by molar-refractivity contribution is 6.45. The highest BCUT2D eigenvalue weighted by Gasteiger charge is 2.23. The number of aromatic nitrogens is 2. The highest BCUT2D eigenvalue weighted by atomic mass is 35.5. The lowest BCUT2D eigenvalue weighted by molar-refractivity contribution is 0.103. The molecule has 0 aliphatic rings. The second-order valence-electron chi connectivity index (χ2n) is 4.46. The van der Waals surface area contributed by atoms with Crippen molar-refractivity contribution >= 4 is 40.6 Å². The van der Waals surface area contributed by atoms with Gasteiger partial charge in [0.05, 0.1) is 15.1 Å². The number of aryl methyl sites for hydroxylation is 2. The molecule has 1 N–H and O–H groups in total. The molecule has 0 aliphatic heterocycles. The monoisotopic (exact) mass is 332 g/mol. The van der Waals surface area contributed by atoms with Crippen LogP contribution in [0.25, 0.3) is 0 Å². The van der Waals surface area contributed by atoms with E-state index in [-0.39, 0.29) is 21.2 Å². The summed E-state index contributed by atoms with van der Waals surface area (Å²) < 4.78 is 1.24. The summed E-state index contributed by atoms with van der Waals surface area (Å²) in [6.07, 6.45) is 0. The molecule has 20 heavy (non-hydrogen) atoms. The maximum absolute atomic E-state index is 12.5. The summed E-state index contributed by atoms with van der Waals surface area (Å²) in [5, 5.41) is 3.49. The third-order valence-corrected chi connectivity index (χ3v) is 4.45. The number of carbonyl (C=O) groups is 1. The number of aromatic amines is 1. The molecule has 7 heteroatoms. The number of hydrogen-bond acceptors (Lipinski definition) is 2. The maximum atomic E-state index is 12.5. The molecule has 0 saturated heterocycles. The van der Waals surface area contributed by atoms with E-state index in [4.69, 9.17) is 34.8 Å². The second-order valence-corrected chi connectivity index (χ2v) is 5.63. The Balaban J connectivity index is 2.69. The summed E-state index contributed by atoms with van der Waals surface area (Å²) in [5.74, 6) is -0.476. The van der Waals surface area contributed by atoms with Crippen LogP contribution in [0.1, 0.15) is 27.2 Å². The van der Waals surface area contributed by atoms with Crippen molar-refractivity contribution in [1.29, 1.82) is 0 Å². The number of ketones is 1. The van der Waals surface area contributed by atoms with Gasteiger partial charge in [-0.1, -0.05) is 34.8 Å². The van der Waals surface area contributed by atoms with Crippen LogP contribution in [0.4, 0.5) is 0 Å². The molecule has 0 bridgehead atoms. The number of nitrogens with one attached hydrogen (secondary N) is 1. The minimum Gasteiger partial charge on any atom is -0.299 e. The fourth-order valence-corrected chi connectivity index (χ4v) is 2.67. The molecule has 0 fully saturated rings. The summed E-state index contributed by atoms with van der Waals surface area (Å²) in [5.41, 5.74) is 0.786. The van der Waals surface area contributed by atoms with Crippen molar-refractivity contribution in [2.24, 2.45) is 7.05 Å². The van der Waals surface area contributed by atoms with Gasteiger partial charge in [-0.3, -0.25) is 19.4 Å². The quantitative estimate of drug-likeness (QED) is 0.675. The van der Waals surface area contributed by atoms with E-state index in [9.17, 15) is 9.59 Å². The molecule has 2 aromatic rings. The van der Waals surface area contributed by atoms with Gasteiger partial charge < -0.3 is 0 Å². The Morgan fingerprint density at radius 2 is 1.80 bits per heavy atom. The van der Waals surface area contributed by atoms with Crippen molar-refractivity contribution in [3.63, 3.8) is 0 Å². The minimum absolute atomic E-state index is 0.0483. The van der Waals surface area contributed by atoms with Gasteiger partial charge in [0.25, 0.3) is 5.56 Å². The molecule has 106 valence electrons. The maximum Gasteiger partial charge on any atom is 0.277 e. The van der Waals surface area contributed by atoms with Gasteiger partial charge in [-0.15, -0.1) is 0 Å². The molecule has 0 atom stereocenters. The Labute approximate surface area is 130 Å². The van der Waals surface area contributed by atoms with Crippen LogP contribution in [-0.4, -0.2) is 15.6 Å². The number of benzene rings is 1. The lowest BCUT2D eigenvalue weighted by Crippen LogP contribution is -2.20. The van der Waals surface area contributed by atoms with Gasteiger partial charge in [-0.2, -0.15) is 0 Å². The number of halogens is 3. The largest absolute Gasteiger partial charge is 0.299 e. The van der Waals surface area contributed by atoms with E-state index in [0.29, 0.717) is 16.3 Å². The average Bonchev–Trinajstić information content (AvgIpc) is 2.64. The van der Waals surface area contributed by atoms with Gasteiger partial charge in [0.2, 0.25) is 5.78 Å². The van der Waals surface area contributed by atoms with Crippen LogP contribution >= 0.6 is 34.8 Å². The standard InChI is InChI=1S/C13H11Cl3N2O2/c1-5-10(15)7(4-8(14)11(5)16)12(19)9-6(2)17-18(3)13(9)20/h4,17H,1-3H3. The number of carbonyl (C=O) groups excluding carboxylic acids is 1. The zero-order valence-corrected chi connectivity index (χ0v) is 13.2. The zero-order valence-electron chi connectivity index (χ0n) is 11.0. The van der Waals surface area contributed by atoms with Crippen LogP contribution in [0.5, 0.6) is 0 Å². The molecule has 1 heterocycles. The van der Waals surface area contributed by atoms with E-state index in [1.165, 1.54) is 17.8 Å². The first-order valence-electron chi connectivity index (χ1n) is 5.70. The topological polar surface area (TPSA) is 54.9 Å². The van der Waals surface area contributed by atoms with Gasteiger partial charge in [0, 0.05) is 18.3 Å². The van der Waals surface area contributed by atoms with Crippen molar-refractivity contribution in [3.8, 4) is 0 Å². The van der Waals surface area contributed by atoms with Crippen LogP contribution < -0.4 is 5.56 Å². The third-order valence-electron chi connectivity index (χ3n) is 3.08. The summed E-state index contributed by atoms with van der Waals surface area (Å²) in [6, 6.07) is 1.38. The summed E-state index contributed by atoms with van der Waals surface area (Å²) in [6.45, 7) is 3.31. The first-order valence-corrected chi connectivity index (χ1v) is 6.83. The third kappa shape index (κ3) is 2.28. The van der Waals surface area contributed by atoms with Crippen molar-refractivity contribution in [2.45, 2.75) is 13.8 Å². The molecule has 0 aliphatic carbocycles. The summed E-state index contributed by atoms with van der Waals surface area (Å²) in [7, 11) is 1.54. The van der Waals surface area contributed by atoms with E-state index in [1.54, 1.807) is 13.8 Å². The number of hydrogen-bond donors (Lipinski definition) is 1. The van der Waals surface area contributed by atoms with E-state index in [1.807, 2.05) is 0 Å². The normalized spacial score (nSPS) is 10.9. The van der Waals surface area contributed by atoms with Crippen LogP contribution in [-0.2, 0) is 7.05 Å². The van der Waals surface area contributed by atoms with Gasteiger partial charge in [0.15, 0.2) is 0 Å². The van der Waals surface area contributed by atoms with Crippen molar-refractivity contribution < 1.29 is 4.79 Å². The van der Waals surface area contributed by atoms with Crippen LogP contribution in [0, 0.1) is 13.8 Å². The molecule has 1 aromatic carbocycles. The first-order chi connectivity index (χ1) is 9.25. The molecule has 0 spiro atoms. The van der Waals surface area contributed by atoms with Gasteiger partial charge in [-0.25, -0.2) is 0 Å². The predicted octanol–water partition coefficient (Wildman–Crippen LogP) is 3.52. The Morgan fingerprint density at radius 3 is 2.30 bits per heavy atom. The SMILES string of the molecule is Cc1[nH]n(C)c(=O)c1C(=O)c1cc(Cl)c(Cl)c(C)c1Cl. The van der Waals surface area contributed by atoms with Gasteiger partial charge in [-0.05, 0) is 25.5 Å². The minimum atomic E-state index is -0.476. The molecule has 1 aromatic heterocycles. The lowest BCUT2D eigenvalue weighted by Gasteiger charge is -2.09. The molecule has 0 radical (unpaired) electrons. The fraction of sp³-hybridized carbons (Fsp3) is 0.231. The Bertz CT molecular complexity index is 775. The van der Waals surface area contributed by atoms with Gasteiger partial charge in [0.1, 0.15) is 5.56 Å². The Hall–Kier alpha value is -1.23. The molecule has 0 amide bonds. The smallest absolute Gasteiger partial charge is 0.277 e. The molecular formula is C13H11Cl3N2O2. The molecule has 4 nitrogen and oxygen atoms in total.